The molecule has 0 heterocycles. The maximum Gasteiger partial charge on any atom is 0.680 e. The lowest BCUT2D eigenvalue weighted by molar-refractivity contribution is -0.0341. The fourth-order valence-electron chi connectivity index (χ4n) is 0.717. The molecule has 0 rings (SSSR count). The van der Waals surface area contributed by atoms with Gasteiger partial charge in [0.05, 0.1) is 0 Å². The van der Waals surface area contributed by atoms with Crippen LogP contribution in [0.4, 0.5) is 0 Å². The molecule has 5 heteroatoms. The second-order valence-corrected chi connectivity index (χ2v) is 5.30. The Morgan fingerprint density at radius 2 is 1.46 bits per heavy atom. The van der Waals surface area contributed by atoms with Gasteiger partial charge in [-0.15, -0.1) is 6.42 Å². The first kappa shape index (κ1) is 12.6. The quantitative estimate of drug-likeness (QED) is 0.490. The van der Waals surface area contributed by atoms with Crippen LogP contribution < -0.4 is 0 Å². The van der Waals surface area contributed by atoms with Gasteiger partial charge in [0, 0.05) is 21.3 Å². The lowest BCUT2D eigenvalue weighted by Crippen LogP contribution is -2.51. The molecule has 0 radical (unpaired) electrons. The Morgan fingerprint density at radius 1 is 1.08 bits per heavy atom. The fraction of sp³-hybridized carbons (Fsp3) is 0.750. The molecular formula is C8H16O4Si. The highest BCUT2D eigenvalue weighted by Gasteiger charge is 2.46. The molecule has 0 aliphatic carbocycles. The van der Waals surface area contributed by atoms with Gasteiger partial charge in [-0.05, 0) is 13.8 Å². The summed E-state index contributed by atoms with van der Waals surface area (Å²) in [5.74, 6) is 2.47. The number of rotatable bonds is 5. The summed E-state index contributed by atoms with van der Waals surface area (Å²) in [6.07, 6.45) is 5.26. The number of terminal acetylenes is 1. The Bertz CT molecular complexity index is 185. The van der Waals surface area contributed by atoms with Crippen molar-refractivity contribution < 1.29 is 17.7 Å². The standard InChI is InChI=1S/C8H16O4Si/c1-7-8(2,3)12-13(9-4,10-5)11-6/h1H,2-6H3. The van der Waals surface area contributed by atoms with Crippen molar-refractivity contribution in [2.24, 2.45) is 0 Å². The molecule has 0 saturated heterocycles. The van der Waals surface area contributed by atoms with E-state index >= 15 is 0 Å². The zero-order chi connectivity index (χ0) is 10.5. The van der Waals surface area contributed by atoms with Crippen LogP contribution in [-0.2, 0) is 17.7 Å². The van der Waals surface area contributed by atoms with E-state index in [1.165, 1.54) is 21.3 Å². The van der Waals surface area contributed by atoms with Crippen LogP contribution in [0.1, 0.15) is 13.8 Å². The Balaban J connectivity index is 4.53. The Labute approximate surface area is 80.6 Å². The average molecular weight is 204 g/mol. The van der Waals surface area contributed by atoms with Gasteiger partial charge in [-0.2, -0.15) is 0 Å². The smallest absolute Gasteiger partial charge is 0.355 e. The molecule has 0 aromatic carbocycles. The van der Waals surface area contributed by atoms with Crippen LogP contribution in [0.25, 0.3) is 0 Å². The van der Waals surface area contributed by atoms with Gasteiger partial charge in [0.25, 0.3) is 0 Å². The van der Waals surface area contributed by atoms with Crippen LogP contribution in [0.3, 0.4) is 0 Å². The van der Waals surface area contributed by atoms with E-state index in [0.29, 0.717) is 0 Å². The minimum absolute atomic E-state index is 0.756. The van der Waals surface area contributed by atoms with Crippen LogP contribution in [0.5, 0.6) is 0 Å². The normalized spacial score (nSPS) is 12.6. The second-order valence-electron chi connectivity index (χ2n) is 2.87. The summed E-state index contributed by atoms with van der Waals surface area (Å²) in [7, 11) is 1.38. The first-order valence-electron chi connectivity index (χ1n) is 3.78. The molecule has 0 bridgehead atoms. The van der Waals surface area contributed by atoms with Gasteiger partial charge >= 0.3 is 9.05 Å². The van der Waals surface area contributed by atoms with E-state index in [0.717, 1.165) is 0 Å². The Morgan fingerprint density at radius 3 is 1.69 bits per heavy atom. The van der Waals surface area contributed by atoms with Gasteiger partial charge in [0.2, 0.25) is 0 Å². The summed E-state index contributed by atoms with van der Waals surface area (Å²) >= 11 is 0. The van der Waals surface area contributed by atoms with Gasteiger partial charge in [0.1, 0.15) is 5.60 Å². The fourth-order valence-corrected chi connectivity index (χ4v) is 2.15. The zero-order valence-electron chi connectivity index (χ0n) is 8.71. The highest BCUT2D eigenvalue weighted by molar-refractivity contribution is 6.53. The molecule has 0 unspecified atom stereocenters. The molecule has 0 fully saturated rings. The van der Waals surface area contributed by atoms with Crippen molar-refractivity contribution in [2.75, 3.05) is 21.3 Å². The van der Waals surface area contributed by atoms with E-state index in [-0.39, 0.29) is 0 Å². The molecule has 0 aliphatic rings. The molecule has 13 heavy (non-hydrogen) atoms. The van der Waals surface area contributed by atoms with Crippen LogP contribution in [-0.4, -0.2) is 36.0 Å². The minimum atomic E-state index is -3.02. The minimum Gasteiger partial charge on any atom is -0.355 e. The van der Waals surface area contributed by atoms with Gasteiger partial charge in [0.15, 0.2) is 0 Å². The predicted molar refractivity (Wildman–Crippen MR) is 50.8 cm³/mol. The van der Waals surface area contributed by atoms with E-state index in [4.69, 9.17) is 24.1 Å². The highest BCUT2D eigenvalue weighted by atomic mass is 28.4. The SMILES string of the molecule is C#CC(C)(C)O[Si](OC)(OC)OC. The third-order valence-corrected chi connectivity index (χ3v) is 3.74. The molecule has 0 atom stereocenters. The lowest BCUT2D eigenvalue weighted by Gasteiger charge is -2.29. The van der Waals surface area contributed by atoms with Crippen LogP contribution >= 0.6 is 0 Å². The molecular weight excluding hydrogens is 188 g/mol. The van der Waals surface area contributed by atoms with E-state index in [1.807, 2.05) is 0 Å². The average Bonchev–Trinajstić information content (AvgIpc) is 2.14. The molecule has 0 spiro atoms. The predicted octanol–water partition coefficient (Wildman–Crippen LogP) is 0.790. The molecule has 0 aromatic rings. The second kappa shape index (κ2) is 4.74. The maximum absolute atomic E-state index is 5.46. The van der Waals surface area contributed by atoms with E-state index < -0.39 is 14.6 Å². The van der Waals surface area contributed by atoms with Gasteiger partial charge in [-0.1, -0.05) is 5.92 Å². The van der Waals surface area contributed by atoms with E-state index in [1.54, 1.807) is 13.8 Å². The van der Waals surface area contributed by atoms with Crippen molar-refractivity contribution in [3.8, 4) is 12.3 Å². The van der Waals surface area contributed by atoms with Gasteiger partial charge in [-0.3, -0.25) is 0 Å². The summed E-state index contributed by atoms with van der Waals surface area (Å²) in [6, 6.07) is 0. The topological polar surface area (TPSA) is 36.9 Å². The summed E-state index contributed by atoms with van der Waals surface area (Å²) in [5, 5.41) is 0. The molecule has 0 amide bonds. The first-order valence-corrected chi connectivity index (χ1v) is 5.42. The van der Waals surface area contributed by atoms with Crippen molar-refractivity contribution >= 4 is 9.05 Å². The molecule has 0 N–H and O–H groups in total. The van der Waals surface area contributed by atoms with Crippen LogP contribution in [0.2, 0.25) is 0 Å². The van der Waals surface area contributed by atoms with Crippen molar-refractivity contribution in [3.63, 3.8) is 0 Å². The van der Waals surface area contributed by atoms with Gasteiger partial charge < -0.3 is 17.7 Å². The Hall–Kier alpha value is -0.383. The highest BCUT2D eigenvalue weighted by Crippen LogP contribution is 2.18. The summed E-state index contributed by atoms with van der Waals surface area (Å²) in [5.41, 5.74) is -0.756. The van der Waals surface area contributed by atoms with Gasteiger partial charge in [-0.25, -0.2) is 0 Å². The zero-order valence-corrected chi connectivity index (χ0v) is 9.71. The molecule has 0 aromatic heterocycles. The summed E-state index contributed by atoms with van der Waals surface area (Å²) in [6.45, 7) is 3.48. The molecule has 4 nitrogen and oxygen atoms in total. The largest absolute Gasteiger partial charge is 0.680 e. The number of hydrogen-bond donors (Lipinski definition) is 0. The summed E-state index contributed by atoms with van der Waals surface area (Å²) in [4.78, 5) is 0. The third-order valence-electron chi connectivity index (χ3n) is 1.48. The van der Waals surface area contributed by atoms with E-state index in [2.05, 4.69) is 5.92 Å². The van der Waals surface area contributed by atoms with Crippen molar-refractivity contribution in [2.45, 2.75) is 19.4 Å². The first-order chi connectivity index (χ1) is 5.95. The Kier molecular flexibility index (Phi) is 4.60. The summed E-state index contributed by atoms with van der Waals surface area (Å²) < 4.78 is 20.6. The molecule has 76 valence electrons. The van der Waals surface area contributed by atoms with Crippen LogP contribution in [0, 0.1) is 12.3 Å². The lowest BCUT2D eigenvalue weighted by atomic mass is 10.2. The number of hydrogen-bond acceptors (Lipinski definition) is 4. The third kappa shape index (κ3) is 3.46. The molecule has 0 aliphatic heterocycles. The van der Waals surface area contributed by atoms with E-state index in [9.17, 15) is 0 Å². The monoisotopic (exact) mass is 204 g/mol. The maximum atomic E-state index is 5.46. The van der Waals surface area contributed by atoms with Crippen molar-refractivity contribution in [1.29, 1.82) is 0 Å². The van der Waals surface area contributed by atoms with Crippen molar-refractivity contribution in [3.05, 3.63) is 0 Å². The van der Waals surface area contributed by atoms with Crippen LogP contribution in [0.15, 0.2) is 0 Å². The van der Waals surface area contributed by atoms with Crippen molar-refractivity contribution in [1.82, 2.24) is 0 Å². The molecule has 0 saturated carbocycles.